The minimum Gasteiger partial charge on any atom is -0.335 e. The fourth-order valence-electron chi connectivity index (χ4n) is 3.67. The van der Waals surface area contributed by atoms with Gasteiger partial charge in [-0.2, -0.15) is 0 Å². The number of hydrogen-bond donors (Lipinski definition) is 0. The molecule has 1 atom stereocenters. The zero-order valence-corrected chi connectivity index (χ0v) is 13.4. The predicted octanol–water partition coefficient (Wildman–Crippen LogP) is 4.69. The summed E-state index contributed by atoms with van der Waals surface area (Å²) in [7, 11) is 0. The van der Waals surface area contributed by atoms with Crippen LogP contribution < -0.4 is 0 Å². The average Bonchev–Trinajstić information content (AvgIpc) is 2.97. The molecule has 2 aliphatic rings. The second-order valence-electron chi connectivity index (χ2n) is 6.08. The molecule has 20 heavy (non-hydrogen) atoms. The summed E-state index contributed by atoms with van der Waals surface area (Å²) in [5, 5.41) is 0. The highest BCUT2D eigenvalue weighted by Gasteiger charge is 2.34. The number of hydrogen-bond acceptors (Lipinski definition) is 1. The van der Waals surface area contributed by atoms with Gasteiger partial charge in [-0.25, -0.2) is 0 Å². The Morgan fingerprint density at radius 1 is 1.10 bits per heavy atom. The molecule has 2 fully saturated rings. The summed E-state index contributed by atoms with van der Waals surface area (Å²) in [5.41, 5.74) is 1.28. The van der Waals surface area contributed by atoms with Crippen molar-refractivity contribution in [1.82, 2.24) is 4.90 Å². The van der Waals surface area contributed by atoms with Gasteiger partial charge in [-0.3, -0.25) is 4.79 Å². The Hall–Kier alpha value is -0.830. The third-order valence-corrected chi connectivity index (χ3v) is 5.22. The topological polar surface area (TPSA) is 20.3 Å². The molecule has 2 nitrogen and oxygen atoms in total. The number of amides is 1. The van der Waals surface area contributed by atoms with E-state index in [0.29, 0.717) is 11.9 Å². The van der Waals surface area contributed by atoms with Gasteiger partial charge >= 0.3 is 0 Å². The molecule has 108 valence electrons. The fourth-order valence-corrected chi connectivity index (χ4v) is 4.09. The maximum absolute atomic E-state index is 12.8. The molecule has 1 aromatic carbocycles. The molecule has 0 N–H and O–H groups in total. The van der Waals surface area contributed by atoms with Crippen LogP contribution in [0.1, 0.15) is 56.6 Å². The lowest BCUT2D eigenvalue weighted by Gasteiger charge is -2.31. The molecular formula is C17H22BrNO. The summed E-state index contributed by atoms with van der Waals surface area (Å²) in [6.07, 6.45) is 8.20. The molecule has 1 amide bonds. The summed E-state index contributed by atoms with van der Waals surface area (Å²) in [4.78, 5) is 14.9. The van der Waals surface area contributed by atoms with Gasteiger partial charge in [-0.15, -0.1) is 0 Å². The highest BCUT2D eigenvalue weighted by Crippen LogP contribution is 2.36. The lowest BCUT2D eigenvalue weighted by atomic mass is 9.88. The van der Waals surface area contributed by atoms with Crippen LogP contribution in [0.5, 0.6) is 0 Å². The maximum Gasteiger partial charge on any atom is 0.226 e. The molecule has 1 aromatic rings. The van der Waals surface area contributed by atoms with E-state index in [2.05, 4.69) is 39.0 Å². The molecule has 0 bridgehead atoms. The average molecular weight is 336 g/mol. The van der Waals surface area contributed by atoms with Crippen LogP contribution in [0, 0.1) is 5.92 Å². The van der Waals surface area contributed by atoms with Crippen molar-refractivity contribution >= 4 is 21.8 Å². The quantitative estimate of drug-likeness (QED) is 0.767. The molecule has 1 aliphatic heterocycles. The van der Waals surface area contributed by atoms with Gasteiger partial charge in [-0.05, 0) is 43.4 Å². The monoisotopic (exact) mass is 335 g/mol. The van der Waals surface area contributed by atoms with E-state index >= 15 is 0 Å². The fraction of sp³-hybridized carbons (Fsp3) is 0.588. The molecule has 0 spiro atoms. The minimum atomic E-state index is 0.288. The van der Waals surface area contributed by atoms with Crippen molar-refractivity contribution in [2.75, 3.05) is 6.54 Å². The first-order valence-corrected chi connectivity index (χ1v) is 8.61. The van der Waals surface area contributed by atoms with Gasteiger partial charge in [0.25, 0.3) is 0 Å². The number of nitrogens with zero attached hydrogens (tertiary/aromatic N) is 1. The van der Waals surface area contributed by atoms with Crippen molar-refractivity contribution in [3.63, 3.8) is 0 Å². The van der Waals surface area contributed by atoms with E-state index in [0.717, 1.165) is 36.7 Å². The van der Waals surface area contributed by atoms with Crippen LogP contribution >= 0.6 is 15.9 Å². The standard InChI is InChI=1S/C17H22BrNO/c18-15-9-4-8-14(12-15)16-10-5-11-19(16)17(20)13-6-2-1-3-7-13/h4,8-9,12-13,16H,1-3,5-7,10-11H2. The van der Waals surface area contributed by atoms with E-state index in [-0.39, 0.29) is 5.92 Å². The first kappa shape index (κ1) is 14.1. The Balaban J connectivity index is 1.76. The van der Waals surface area contributed by atoms with E-state index in [1.54, 1.807) is 0 Å². The number of carbonyl (C=O) groups is 1. The summed E-state index contributed by atoms with van der Waals surface area (Å²) in [6, 6.07) is 8.73. The van der Waals surface area contributed by atoms with Crippen LogP contribution in [0.3, 0.4) is 0 Å². The number of likely N-dealkylation sites (tertiary alicyclic amines) is 1. The van der Waals surface area contributed by atoms with Crippen LogP contribution in [0.25, 0.3) is 0 Å². The molecule has 0 aromatic heterocycles. The molecule has 1 aliphatic carbocycles. The zero-order chi connectivity index (χ0) is 13.9. The van der Waals surface area contributed by atoms with Gasteiger partial charge in [0.05, 0.1) is 6.04 Å². The number of halogens is 1. The number of carbonyl (C=O) groups excluding carboxylic acids is 1. The van der Waals surface area contributed by atoms with Crippen molar-refractivity contribution in [3.05, 3.63) is 34.3 Å². The molecule has 3 rings (SSSR count). The van der Waals surface area contributed by atoms with Crippen molar-refractivity contribution in [3.8, 4) is 0 Å². The number of benzene rings is 1. The van der Waals surface area contributed by atoms with Crippen molar-refractivity contribution < 1.29 is 4.79 Å². The Morgan fingerprint density at radius 2 is 1.90 bits per heavy atom. The summed E-state index contributed by atoms with van der Waals surface area (Å²) in [6.45, 7) is 0.937. The van der Waals surface area contributed by atoms with Crippen molar-refractivity contribution in [2.24, 2.45) is 5.92 Å². The van der Waals surface area contributed by atoms with Gasteiger partial charge in [0.1, 0.15) is 0 Å². The van der Waals surface area contributed by atoms with E-state index in [4.69, 9.17) is 0 Å². The van der Waals surface area contributed by atoms with Gasteiger partial charge in [-0.1, -0.05) is 47.3 Å². The largest absolute Gasteiger partial charge is 0.335 e. The zero-order valence-electron chi connectivity index (χ0n) is 11.9. The van der Waals surface area contributed by atoms with E-state index in [9.17, 15) is 4.79 Å². The first-order chi connectivity index (χ1) is 9.75. The highest BCUT2D eigenvalue weighted by molar-refractivity contribution is 9.10. The number of rotatable bonds is 2. The normalized spacial score (nSPS) is 24.1. The third-order valence-electron chi connectivity index (χ3n) is 4.72. The van der Waals surface area contributed by atoms with E-state index in [1.807, 2.05) is 6.07 Å². The lowest BCUT2D eigenvalue weighted by Crippen LogP contribution is -2.36. The molecule has 1 heterocycles. The van der Waals surface area contributed by atoms with E-state index < -0.39 is 0 Å². The SMILES string of the molecule is O=C(C1CCCCC1)N1CCCC1c1cccc(Br)c1. The molecular weight excluding hydrogens is 314 g/mol. The van der Waals surface area contributed by atoms with Crippen LogP contribution in [-0.4, -0.2) is 17.4 Å². The van der Waals surface area contributed by atoms with E-state index in [1.165, 1.54) is 24.8 Å². The Kier molecular flexibility index (Phi) is 4.45. The summed E-state index contributed by atoms with van der Waals surface area (Å²) < 4.78 is 1.10. The van der Waals surface area contributed by atoms with Gasteiger partial charge < -0.3 is 4.90 Å². The molecule has 0 radical (unpaired) electrons. The Bertz CT molecular complexity index is 482. The lowest BCUT2D eigenvalue weighted by molar-refractivity contribution is -0.137. The predicted molar refractivity (Wildman–Crippen MR) is 84.4 cm³/mol. The van der Waals surface area contributed by atoms with Crippen LogP contribution in [0.4, 0.5) is 0 Å². The first-order valence-electron chi connectivity index (χ1n) is 7.81. The summed E-state index contributed by atoms with van der Waals surface area (Å²) in [5.74, 6) is 0.698. The molecule has 1 unspecified atom stereocenters. The Labute approximate surface area is 129 Å². The van der Waals surface area contributed by atoms with Crippen molar-refractivity contribution in [2.45, 2.75) is 51.0 Å². The van der Waals surface area contributed by atoms with Crippen molar-refractivity contribution in [1.29, 1.82) is 0 Å². The molecule has 3 heteroatoms. The molecule has 1 saturated heterocycles. The molecule has 1 saturated carbocycles. The van der Waals surface area contributed by atoms with Gasteiger partial charge in [0.15, 0.2) is 0 Å². The van der Waals surface area contributed by atoms with Gasteiger partial charge in [0, 0.05) is 16.9 Å². The Morgan fingerprint density at radius 3 is 2.65 bits per heavy atom. The summed E-state index contributed by atoms with van der Waals surface area (Å²) >= 11 is 3.54. The minimum absolute atomic E-state index is 0.288. The smallest absolute Gasteiger partial charge is 0.226 e. The highest BCUT2D eigenvalue weighted by atomic mass is 79.9. The van der Waals surface area contributed by atoms with Gasteiger partial charge in [0.2, 0.25) is 5.91 Å². The third kappa shape index (κ3) is 2.93. The van der Waals surface area contributed by atoms with Crippen LogP contribution in [-0.2, 0) is 4.79 Å². The van der Waals surface area contributed by atoms with Crippen LogP contribution in [0.15, 0.2) is 28.7 Å². The second kappa shape index (κ2) is 6.30. The van der Waals surface area contributed by atoms with Crippen LogP contribution in [0.2, 0.25) is 0 Å². The second-order valence-corrected chi connectivity index (χ2v) is 7.00. The maximum atomic E-state index is 12.8.